The third-order valence-corrected chi connectivity index (χ3v) is 4.96. The van der Waals surface area contributed by atoms with Crippen LogP contribution >= 0.6 is 12.2 Å². The van der Waals surface area contributed by atoms with E-state index in [1.807, 2.05) is 26.1 Å². The monoisotopic (exact) mass is 404 g/mol. The highest BCUT2D eigenvalue weighted by Crippen LogP contribution is 2.31. The Kier molecular flexibility index (Phi) is 7.80. The zero-order chi connectivity index (χ0) is 20.7. The van der Waals surface area contributed by atoms with Crippen LogP contribution in [-0.4, -0.2) is 42.2 Å². The molecule has 8 heteroatoms. The molecule has 1 heterocycles. The lowest BCUT2D eigenvalue weighted by molar-refractivity contribution is -0.139. The van der Waals surface area contributed by atoms with Crippen LogP contribution in [-0.2, 0) is 9.53 Å². The van der Waals surface area contributed by atoms with E-state index in [2.05, 4.69) is 22.9 Å². The molecule has 0 saturated carbocycles. The number of nitrogens with zero attached hydrogens (tertiary/aromatic N) is 1. The lowest BCUT2D eigenvalue weighted by Gasteiger charge is -2.35. The summed E-state index contributed by atoms with van der Waals surface area (Å²) in [5.41, 5.74) is 2.81. The second-order valence-electron chi connectivity index (χ2n) is 6.52. The Morgan fingerprint density at radius 3 is 2.54 bits per heavy atom. The maximum Gasteiger partial charge on any atom is 0.338 e. The van der Waals surface area contributed by atoms with Crippen LogP contribution < -0.4 is 16.0 Å². The molecule has 2 rings (SSSR count). The summed E-state index contributed by atoms with van der Waals surface area (Å²) in [4.78, 5) is 26.2. The first-order chi connectivity index (χ1) is 13.4. The molecule has 0 aromatic heterocycles. The van der Waals surface area contributed by atoms with Crippen LogP contribution in [0.3, 0.4) is 0 Å². The molecule has 28 heavy (non-hydrogen) atoms. The Hall–Kier alpha value is -2.61. The third-order valence-electron chi connectivity index (χ3n) is 4.57. The Balaban J connectivity index is 2.19. The second kappa shape index (κ2) is 10.1. The highest BCUT2D eigenvalue weighted by molar-refractivity contribution is 7.80. The normalized spacial score (nSPS) is 16.5. The third kappa shape index (κ3) is 5.22. The lowest BCUT2D eigenvalue weighted by Crippen LogP contribution is -2.46. The van der Waals surface area contributed by atoms with Gasteiger partial charge in [0.2, 0.25) is 0 Å². The van der Waals surface area contributed by atoms with Crippen LogP contribution in [0.2, 0.25) is 0 Å². The highest BCUT2D eigenvalue weighted by Gasteiger charge is 2.33. The molecule has 7 nitrogen and oxygen atoms in total. The quantitative estimate of drug-likeness (QED) is 0.367. The molecular weight excluding hydrogens is 376 g/mol. The van der Waals surface area contributed by atoms with Gasteiger partial charge in [0, 0.05) is 25.0 Å². The topological polar surface area (TPSA) is 82.7 Å². The van der Waals surface area contributed by atoms with Crippen LogP contribution in [0, 0.1) is 0 Å². The number of thiocarbonyl (C=S) groups is 1. The second-order valence-corrected chi connectivity index (χ2v) is 6.90. The van der Waals surface area contributed by atoms with Crippen molar-refractivity contribution in [3.63, 3.8) is 0 Å². The number of unbranched alkanes of at least 4 members (excludes halogenated alkanes) is 1. The van der Waals surface area contributed by atoms with Gasteiger partial charge in [-0.05, 0) is 50.2 Å². The average Bonchev–Trinajstić information content (AvgIpc) is 2.67. The van der Waals surface area contributed by atoms with E-state index >= 15 is 0 Å². The molecule has 2 amide bonds. The number of carbonyl (C=O) groups excluding carboxylic acids is 2. The number of urea groups is 1. The van der Waals surface area contributed by atoms with Crippen LogP contribution in [0.5, 0.6) is 0 Å². The van der Waals surface area contributed by atoms with Gasteiger partial charge in [0.05, 0.1) is 18.2 Å². The molecule has 0 radical (unpaired) electrons. The number of hydrogen-bond donors (Lipinski definition) is 3. The molecule has 0 bridgehead atoms. The highest BCUT2D eigenvalue weighted by atomic mass is 32.1. The number of nitrogens with one attached hydrogen (secondary N) is 3. The summed E-state index contributed by atoms with van der Waals surface area (Å²) in [5, 5.41) is 9.34. The number of hydrogen-bond acceptors (Lipinski definition) is 4. The van der Waals surface area contributed by atoms with Gasteiger partial charge in [-0.3, -0.25) is 0 Å². The summed E-state index contributed by atoms with van der Waals surface area (Å²) < 4.78 is 5.24. The summed E-state index contributed by atoms with van der Waals surface area (Å²) in [7, 11) is 1.81. The largest absolute Gasteiger partial charge is 0.463 e. The van der Waals surface area contributed by atoms with Gasteiger partial charge < -0.3 is 25.6 Å². The van der Waals surface area contributed by atoms with Crippen molar-refractivity contribution in [1.82, 2.24) is 15.5 Å². The van der Waals surface area contributed by atoms with Crippen LogP contribution in [0.25, 0.3) is 0 Å². The number of rotatable bonds is 7. The number of ether oxygens (including phenoxy) is 1. The van der Waals surface area contributed by atoms with Crippen LogP contribution in [0.15, 0.2) is 35.5 Å². The predicted molar refractivity (Wildman–Crippen MR) is 114 cm³/mol. The molecule has 0 spiro atoms. The number of amides is 2. The SMILES string of the molecule is CCCCNC(=O)Nc1ccc([C@@H]2NC(=S)N(C)C(C)=C2C(=O)OCC)cc1. The van der Waals surface area contributed by atoms with E-state index in [9.17, 15) is 9.59 Å². The molecule has 152 valence electrons. The zero-order valence-electron chi connectivity index (χ0n) is 16.8. The molecule has 0 unspecified atom stereocenters. The van der Waals surface area contributed by atoms with Gasteiger partial charge in [-0.25, -0.2) is 9.59 Å². The number of benzene rings is 1. The molecule has 1 aliphatic rings. The summed E-state index contributed by atoms with van der Waals surface area (Å²) in [6, 6.07) is 6.68. The maximum absolute atomic E-state index is 12.5. The molecule has 1 atom stereocenters. The number of anilines is 1. The first kappa shape index (κ1) is 21.7. The minimum absolute atomic E-state index is 0.234. The van der Waals surface area contributed by atoms with E-state index < -0.39 is 6.04 Å². The van der Waals surface area contributed by atoms with Gasteiger partial charge in [-0.1, -0.05) is 25.5 Å². The Morgan fingerprint density at radius 1 is 1.25 bits per heavy atom. The fourth-order valence-electron chi connectivity index (χ4n) is 2.87. The van der Waals surface area contributed by atoms with Crippen molar-refractivity contribution in [2.45, 2.75) is 39.7 Å². The number of carbonyl (C=O) groups is 2. The van der Waals surface area contributed by atoms with Crippen LogP contribution in [0.4, 0.5) is 10.5 Å². The minimum Gasteiger partial charge on any atom is -0.463 e. The molecular formula is C20H28N4O3S. The Labute approximate surface area is 171 Å². The zero-order valence-corrected chi connectivity index (χ0v) is 17.6. The van der Waals surface area contributed by atoms with Crippen molar-refractivity contribution in [3.05, 3.63) is 41.1 Å². The number of allylic oxidation sites excluding steroid dienone is 1. The van der Waals surface area contributed by atoms with Gasteiger partial charge in [0.25, 0.3) is 0 Å². The predicted octanol–water partition coefficient (Wildman–Crippen LogP) is 3.31. The van der Waals surface area contributed by atoms with E-state index in [4.69, 9.17) is 17.0 Å². The van der Waals surface area contributed by atoms with E-state index in [0.29, 0.717) is 29.5 Å². The van der Waals surface area contributed by atoms with Gasteiger partial charge in [0.1, 0.15) is 0 Å². The molecule has 0 aliphatic carbocycles. The minimum atomic E-state index is -0.407. The Bertz CT molecular complexity index is 761. The van der Waals surface area contributed by atoms with Crippen molar-refractivity contribution in [3.8, 4) is 0 Å². The standard InChI is InChI=1S/C20H28N4O3S/c1-5-7-12-21-19(26)22-15-10-8-14(9-11-15)17-16(18(25)27-6-2)13(3)24(4)20(28)23-17/h8-11,17H,5-7,12H2,1-4H3,(H,23,28)(H2,21,22,26)/t17-/m0/s1. The van der Waals surface area contributed by atoms with Gasteiger partial charge in [-0.2, -0.15) is 0 Å². The smallest absolute Gasteiger partial charge is 0.338 e. The van der Waals surface area contributed by atoms with Crippen molar-refractivity contribution in [2.24, 2.45) is 0 Å². The van der Waals surface area contributed by atoms with E-state index in [0.717, 1.165) is 24.1 Å². The van der Waals surface area contributed by atoms with E-state index in [-0.39, 0.29) is 12.0 Å². The first-order valence-corrected chi connectivity index (χ1v) is 9.86. The van der Waals surface area contributed by atoms with Crippen molar-refractivity contribution in [2.75, 3.05) is 25.5 Å². The summed E-state index contributed by atoms with van der Waals surface area (Å²) in [6.07, 6.45) is 1.96. The fraction of sp³-hybridized carbons (Fsp3) is 0.450. The fourth-order valence-corrected chi connectivity index (χ4v) is 3.13. The van der Waals surface area contributed by atoms with Crippen molar-refractivity contribution < 1.29 is 14.3 Å². The number of esters is 1. The Morgan fingerprint density at radius 2 is 1.93 bits per heavy atom. The van der Waals surface area contributed by atoms with E-state index in [1.165, 1.54) is 0 Å². The maximum atomic E-state index is 12.5. The van der Waals surface area contributed by atoms with Crippen molar-refractivity contribution >= 4 is 35.0 Å². The summed E-state index contributed by atoms with van der Waals surface area (Å²) in [5.74, 6) is -0.371. The van der Waals surface area contributed by atoms with Gasteiger partial charge in [-0.15, -0.1) is 0 Å². The molecule has 0 saturated heterocycles. The molecule has 1 aromatic rings. The first-order valence-electron chi connectivity index (χ1n) is 9.45. The van der Waals surface area contributed by atoms with Gasteiger partial charge >= 0.3 is 12.0 Å². The summed E-state index contributed by atoms with van der Waals surface area (Å²) in [6.45, 7) is 6.64. The molecule has 0 fully saturated rings. The summed E-state index contributed by atoms with van der Waals surface area (Å²) >= 11 is 5.38. The molecule has 3 N–H and O–H groups in total. The lowest BCUT2D eigenvalue weighted by atomic mass is 9.95. The molecule has 1 aromatic carbocycles. The van der Waals surface area contributed by atoms with Gasteiger partial charge in [0.15, 0.2) is 5.11 Å². The van der Waals surface area contributed by atoms with Crippen molar-refractivity contribution in [1.29, 1.82) is 0 Å². The van der Waals surface area contributed by atoms with Crippen LogP contribution in [0.1, 0.15) is 45.2 Å². The molecule has 1 aliphatic heterocycles. The average molecular weight is 405 g/mol. The van der Waals surface area contributed by atoms with E-state index in [1.54, 1.807) is 24.0 Å².